The number of fused-ring (bicyclic) bond motifs is 6. The van der Waals surface area contributed by atoms with Crippen LogP contribution >= 0.6 is 11.3 Å². The monoisotopic (exact) mass is 393 g/mol. The molecule has 0 amide bonds. The second-order valence-electron chi connectivity index (χ2n) is 8.52. The van der Waals surface area contributed by atoms with Crippen molar-refractivity contribution in [3.63, 3.8) is 0 Å². The van der Waals surface area contributed by atoms with Crippen LogP contribution in [0.1, 0.15) is 49.7 Å². The van der Waals surface area contributed by atoms with Gasteiger partial charge in [-0.25, -0.2) is 0 Å². The third-order valence-corrected chi connectivity index (χ3v) is 7.82. The lowest BCUT2D eigenvalue weighted by molar-refractivity contribution is 0.531. The van der Waals surface area contributed by atoms with Crippen LogP contribution in [0.3, 0.4) is 0 Å². The summed E-state index contributed by atoms with van der Waals surface area (Å²) in [5.41, 5.74) is 5.42. The van der Waals surface area contributed by atoms with Crippen LogP contribution in [0, 0.1) is 0 Å². The van der Waals surface area contributed by atoms with E-state index in [1.165, 1.54) is 49.3 Å². The third kappa shape index (κ3) is 2.55. The highest BCUT2D eigenvalue weighted by Gasteiger charge is 2.25. The Hall–Kier alpha value is -2.71. The molecule has 0 saturated heterocycles. The Kier molecular flexibility index (Phi) is 3.79. The maximum absolute atomic E-state index is 4.77. The minimum absolute atomic E-state index is 0.626. The van der Waals surface area contributed by atoms with Crippen LogP contribution < -0.4 is 0 Å². The van der Waals surface area contributed by atoms with Gasteiger partial charge < -0.3 is 0 Å². The van der Waals surface area contributed by atoms with Gasteiger partial charge in [0.2, 0.25) is 0 Å². The summed E-state index contributed by atoms with van der Waals surface area (Å²) in [6.45, 7) is 4.80. The van der Waals surface area contributed by atoms with Crippen LogP contribution in [0.2, 0.25) is 0 Å². The molecular weight excluding hydrogens is 370 g/mol. The molecular formula is C27H23NS. The van der Waals surface area contributed by atoms with Gasteiger partial charge in [0.1, 0.15) is 0 Å². The lowest BCUT2D eigenvalue weighted by Crippen LogP contribution is -2.10. The fraction of sp³-hybridized carbons (Fsp3) is 0.222. The fourth-order valence-electron chi connectivity index (χ4n) is 5.16. The minimum atomic E-state index is 0.626. The predicted molar refractivity (Wildman–Crippen MR) is 126 cm³/mol. The van der Waals surface area contributed by atoms with Crippen LogP contribution in [0.5, 0.6) is 0 Å². The Labute approximate surface area is 175 Å². The molecule has 2 heterocycles. The Morgan fingerprint density at radius 1 is 0.828 bits per heavy atom. The Morgan fingerprint density at radius 2 is 1.66 bits per heavy atom. The van der Waals surface area contributed by atoms with Crippen molar-refractivity contribution >= 4 is 42.3 Å². The molecule has 1 nitrogen and oxygen atoms in total. The van der Waals surface area contributed by atoms with E-state index in [2.05, 4.69) is 74.5 Å². The molecule has 2 atom stereocenters. The van der Waals surface area contributed by atoms with E-state index in [1.54, 1.807) is 11.1 Å². The second-order valence-corrected chi connectivity index (χ2v) is 9.60. The predicted octanol–water partition coefficient (Wildman–Crippen LogP) is 8.27. The van der Waals surface area contributed by atoms with Gasteiger partial charge in [0.25, 0.3) is 0 Å². The number of rotatable bonds is 1. The number of hydrogen-bond donors (Lipinski definition) is 0. The average molecular weight is 394 g/mol. The summed E-state index contributed by atoms with van der Waals surface area (Å²) in [5.74, 6) is 1.28. The van der Waals surface area contributed by atoms with Crippen LogP contribution in [0.25, 0.3) is 42.2 Å². The summed E-state index contributed by atoms with van der Waals surface area (Å²) >= 11 is 1.93. The molecule has 6 rings (SSSR count). The molecule has 0 bridgehead atoms. The highest BCUT2D eigenvalue weighted by Crippen LogP contribution is 2.47. The van der Waals surface area contributed by atoms with Crippen molar-refractivity contribution in [2.75, 3.05) is 0 Å². The largest absolute Gasteiger partial charge is 0.256 e. The number of pyridine rings is 1. The molecule has 0 aliphatic heterocycles. The van der Waals surface area contributed by atoms with Gasteiger partial charge >= 0.3 is 0 Å². The normalized spacial score (nSPS) is 19.1. The lowest BCUT2D eigenvalue weighted by Gasteiger charge is -2.28. The first-order chi connectivity index (χ1) is 14.2. The standard InChI is InChI=1S/C27H23NS/c1-16-8-9-17(2)25-20(16)10-11-23-26(25)22-15-21-19(14-24(22)29-23)12-13-28-27(21)18-6-4-3-5-7-18/h3-7,10-17H,8-9H2,1-2H3. The number of hydrogen-bond acceptors (Lipinski definition) is 2. The van der Waals surface area contributed by atoms with Crippen molar-refractivity contribution < 1.29 is 0 Å². The average Bonchev–Trinajstić information content (AvgIpc) is 3.12. The SMILES string of the molecule is CC1CCC(C)c2c1ccc1sc3cc4ccnc(-c5ccccc5)c4cc3c21. The summed E-state index contributed by atoms with van der Waals surface area (Å²) in [7, 11) is 0. The van der Waals surface area contributed by atoms with Crippen LogP contribution in [0.4, 0.5) is 0 Å². The van der Waals surface area contributed by atoms with Crippen LogP contribution in [-0.2, 0) is 0 Å². The first-order valence-corrected chi connectivity index (χ1v) is 11.4. The summed E-state index contributed by atoms with van der Waals surface area (Å²) in [5, 5.41) is 5.42. The van der Waals surface area contributed by atoms with Gasteiger partial charge in [0.15, 0.2) is 0 Å². The van der Waals surface area contributed by atoms with E-state index in [4.69, 9.17) is 4.98 Å². The number of aromatic nitrogens is 1. The fourth-order valence-corrected chi connectivity index (χ4v) is 6.32. The summed E-state index contributed by atoms with van der Waals surface area (Å²) in [6.07, 6.45) is 4.53. The van der Waals surface area contributed by atoms with E-state index in [-0.39, 0.29) is 0 Å². The molecule has 2 aromatic heterocycles. The Morgan fingerprint density at radius 3 is 2.52 bits per heavy atom. The smallest absolute Gasteiger partial charge is 0.0780 e. The van der Waals surface area contributed by atoms with Crippen molar-refractivity contribution in [1.82, 2.24) is 4.98 Å². The van der Waals surface area contributed by atoms with Crippen molar-refractivity contribution in [3.05, 3.63) is 78.0 Å². The maximum Gasteiger partial charge on any atom is 0.0780 e. The molecule has 1 aliphatic rings. The Balaban J connectivity index is 1.73. The number of nitrogens with zero attached hydrogens (tertiary/aromatic N) is 1. The van der Waals surface area contributed by atoms with Gasteiger partial charge in [-0.15, -0.1) is 11.3 Å². The van der Waals surface area contributed by atoms with E-state index >= 15 is 0 Å². The van der Waals surface area contributed by atoms with Gasteiger partial charge in [-0.05, 0) is 65.5 Å². The first kappa shape index (κ1) is 17.2. The van der Waals surface area contributed by atoms with Crippen molar-refractivity contribution in [2.24, 2.45) is 0 Å². The quantitative estimate of drug-likeness (QED) is 0.279. The van der Waals surface area contributed by atoms with E-state index < -0.39 is 0 Å². The summed E-state index contributed by atoms with van der Waals surface area (Å²) in [4.78, 5) is 4.77. The molecule has 0 radical (unpaired) electrons. The number of thiophene rings is 1. The highest BCUT2D eigenvalue weighted by atomic mass is 32.1. The molecule has 0 fully saturated rings. The van der Waals surface area contributed by atoms with Gasteiger partial charge in [0.05, 0.1) is 5.69 Å². The van der Waals surface area contributed by atoms with Crippen LogP contribution in [0.15, 0.2) is 66.9 Å². The molecule has 0 spiro atoms. The zero-order valence-corrected chi connectivity index (χ0v) is 17.6. The van der Waals surface area contributed by atoms with Crippen molar-refractivity contribution in [1.29, 1.82) is 0 Å². The Bertz CT molecular complexity index is 1380. The topological polar surface area (TPSA) is 12.9 Å². The summed E-state index contributed by atoms with van der Waals surface area (Å²) in [6, 6.07) is 22.2. The molecule has 0 N–H and O–H groups in total. The number of benzene rings is 3. The van der Waals surface area contributed by atoms with Crippen molar-refractivity contribution in [3.8, 4) is 11.3 Å². The molecule has 5 aromatic rings. The van der Waals surface area contributed by atoms with Crippen LogP contribution in [-0.4, -0.2) is 4.98 Å². The molecule has 0 saturated carbocycles. The van der Waals surface area contributed by atoms with Gasteiger partial charge in [-0.2, -0.15) is 0 Å². The maximum atomic E-state index is 4.77. The van der Waals surface area contributed by atoms with Crippen molar-refractivity contribution in [2.45, 2.75) is 38.5 Å². The van der Waals surface area contributed by atoms with E-state index in [9.17, 15) is 0 Å². The van der Waals surface area contributed by atoms with E-state index in [0.29, 0.717) is 11.8 Å². The molecule has 3 aromatic carbocycles. The van der Waals surface area contributed by atoms with Gasteiger partial charge in [0, 0.05) is 37.3 Å². The zero-order valence-electron chi connectivity index (χ0n) is 16.8. The molecule has 142 valence electrons. The van der Waals surface area contributed by atoms with E-state index in [0.717, 1.165) is 5.69 Å². The first-order valence-electron chi connectivity index (χ1n) is 10.5. The lowest BCUT2D eigenvalue weighted by atomic mass is 9.76. The van der Waals surface area contributed by atoms with Gasteiger partial charge in [-0.3, -0.25) is 4.98 Å². The second kappa shape index (κ2) is 6.40. The third-order valence-electron chi connectivity index (χ3n) is 6.70. The summed E-state index contributed by atoms with van der Waals surface area (Å²) < 4.78 is 2.81. The molecule has 1 aliphatic carbocycles. The van der Waals surface area contributed by atoms with E-state index in [1.807, 2.05) is 17.5 Å². The zero-order chi connectivity index (χ0) is 19.5. The molecule has 2 heteroatoms. The molecule has 2 unspecified atom stereocenters. The van der Waals surface area contributed by atoms with Gasteiger partial charge in [-0.1, -0.05) is 50.2 Å². The minimum Gasteiger partial charge on any atom is -0.256 e. The highest BCUT2D eigenvalue weighted by molar-refractivity contribution is 7.26. The molecule has 29 heavy (non-hydrogen) atoms.